The zero-order valence-corrected chi connectivity index (χ0v) is 20.9. The Morgan fingerprint density at radius 1 is 1.18 bits per heavy atom. The molecule has 3 rings (SSSR count). The maximum atomic E-state index is 13.3. The van der Waals surface area contributed by atoms with Gasteiger partial charge in [-0.05, 0) is 41.7 Å². The highest BCUT2D eigenvalue weighted by Gasteiger charge is 2.32. The number of ether oxygens (including phenoxy) is 1. The molecule has 0 bridgehead atoms. The molecule has 2 aromatic carbocycles. The summed E-state index contributed by atoms with van der Waals surface area (Å²) in [7, 11) is -1.64. The first-order valence-electron chi connectivity index (χ1n) is 10.6. The lowest BCUT2D eigenvalue weighted by atomic mass is 10.0. The second kappa shape index (κ2) is 11.0. The zero-order valence-electron chi connectivity index (χ0n) is 19.2. The maximum absolute atomic E-state index is 13.3. The van der Waals surface area contributed by atoms with E-state index in [0.29, 0.717) is 46.9 Å². The third-order valence-corrected chi connectivity index (χ3v) is 6.72. The number of nitrogens with one attached hydrogen (secondary N) is 1. The van der Waals surface area contributed by atoms with Crippen molar-refractivity contribution in [3.8, 4) is 5.75 Å². The number of aliphatic imine (C=N–C) groups is 1. The van der Waals surface area contributed by atoms with E-state index in [2.05, 4.69) is 35.7 Å². The normalized spacial score (nSPS) is 15.4. The van der Waals surface area contributed by atoms with Gasteiger partial charge in [-0.2, -0.15) is 0 Å². The average Bonchev–Trinajstić information content (AvgIpc) is 3.08. The van der Waals surface area contributed by atoms with Crippen LogP contribution in [0.5, 0.6) is 5.75 Å². The minimum Gasteiger partial charge on any atom is -0.497 e. The van der Waals surface area contributed by atoms with Gasteiger partial charge in [0, 0.05) is 18.4 Å². The number of carbonyl (C=O) groups is 1. The molecule has 7 nitrogen and oxygen atoms in total. The lowest BCUT2D eigenvalue weighted by Gasteiger charge is -2.18. The van der Waals surface area contributed by atoms with Crippen molar-refractivity contribution in [3.63, 3.8) is 0 Å². The van der Waals surface area contributed by atoms with Crippen molar-refractivity contribution >= 4 is 44.6 Å². The molecule has 0 radical (unpaired) electrons. The first-order valence-corrected chi connectivity index (χ1v) is 13.5. The van der Waals surface area contributed by atoms with E-state index in [4.69, 9.17) is 4.74 Å². The van der Waals surface area contributed by atoms with Gasteiger partial charge in [0.2, 0.25) is 10.0 Å². The number of rotatable bonds is 9. The van der Waals surface area contributed by atoms with Gasteiger partial charge in [0.25, 0.3) is 5.91 Å². The quantitative estimate of drug-likeness (QED) is 0.422. The molecule has 176 valence electrons. The molecule has 1 amide bonds. The average molecular weight is 488 g/mol. The number of thioether (sulfide) groups is 1. The molecule has 0 saturated heterocycles. The molecule has 1 N–H and O–H groups in total. The van der Waals surface area contributed by atoms with E-state index in [1.54, 1.807) is 24.2 Å². The summed E-state index contributed by atoms with van der Waals surface area (Å²) in [5.74, 6) is 1.46. The van der Waals surface area contributed by atoms with Crippen molar-refractivity contribution < 1.29 is 17.9 Å². The standard InChI is InChI=1S/C24H29N3O4S2/c1-17(2)19-11-9-18(10-12-19)15-22-23(28)27(20-7-5-8-21(16-20)31-3)24(26-22)32-14-6-13-25-33(4,29)30/h5,7-12,15-17,25H,6,13-14H2,1-4H3/b22-15-. The monoisotopic (exact) mass is 487 g/mol. The first-order chi connectivity index (χ1) is 15.7. The molecule has 9 heteroatoms. The number of anilines is 1. The van der Waals surface area contributed by atoms with E-state index in [1.165, 1.54) is 17.3 Å². The molecule has 2 aromatic rings. The van der Waals surface area contributed by atoms with Crippen LogP contribution < -0.4 is 14.4 Å². The van der Waals surface area contributed by atoms with Crippen LogP contribution in [0.2, 0.25) is 0 Å². The fourth-order valence-corrected chi connectivity index (χ4v) is 4.67. The Morgan fingerprint density at radius 2 is 1.91 bits per heavy atom. The molecule has 0 saturated carbocycles. The molecule has 33 heavy (non-hydrogen) atoms. The zero-order chi connectivity index (χ0) is 24.0. The lowest BCUT2D eigenvalue weighted by molar-refractivity contribution is -0.113. The van der Waals surface area contributed by atoms with Crippen LogP contribution in [0.15, 0.2) is 59.2 Å². The second-order valence-electron chi connectivity index (χ2n) is 7.96. The highest BCUT2D eigenvalue weighted by molar-refractivity contribution is 8.14. The molecule has 0 aromatic heterocycles. The van der Waals surface area contributed by atoms with Crippen LogP contribution in [0.1, 0.15) is 37.3 Å². The fraction of sp³-hybridized carbons (Fsp3) is 0.333. The number of sulfonamides is 1. The number of methoxy groups -OCH3 is 1. The van der Waals surface area contributed by atoms with E-state index in [9.17, 15) is 13.2 Å². The number of carbonyl (C=O) groups excluding carboxylic acids is 1. The SMILES string of the molecule is COc1cccc(N2C(=O)/C(=C/c3ccc(C(C)C)cc3)N=C2SCCCNS(C)(=O)=O)c1. The van der Waals surface area contributed by atoms with E-state index < -0.39 is 10.0 Å². The minimum absolute atomic E-state index is 0.215. The minimum atomic E-state index is -3.22. The maximum Gasteiger partial charge on any atom is 0.283 e. The van der Waals surface area contributed by atoms with Gasteiger partial charge < -0.3 is 4.74 Å². The largest absolute Gasteiger partial charge is 0.497 e. The molecule has 0 unspecified atom stereocenters. The van der Waals surface area contributed by atoms with Gasteiger partial charge in [0.15, 0.2) is 5.17 Å². The molecule has 0 fully saturated rings. The summed E-state index contributed by atoms with van der Waals surface area (Å²) in [5.41, 5.74) is 3.15. The Bertz CT molecular complexity index is 1160. The van der Waals surface area contributed by atoms with Gasteiger partial charge in [-0.15, -0.1) is 0 Å². The Morgan fingerprint density at radius 3 is 2.55 bits per heavy atom. The number of hydrogen-bond donors (Lipinski definition) is 1. The van der Waals surface area contributed by atoms with Crippen LogP contribution >= 0.6 is 11.8 Å². The van der Waals surface area contributed by atoms with Crippen molar-refractivity contribution in [2.45, 2.75) is 26.2 Å². The molecule has 0 aliphatic carbocycles. The van der Waals surface area contributed by atoms with Gasteiger partial charge in [0.1, 0.15) is 11.4 Å². The molecule has 1 aliphatic heterocycles. The summed E-state index contributed by atoms with van der Waals surface area (Å²) >= 11 is 1.41. The summed E-state index contributed by atoms with van der Waals surface area (Å²) in [4.78, 5) is 19.5. The molecule has 0 atom stereocenters. The van der Waals surface area contributed by atoms with Crippen LogP contribution in [-0.2, 0) is 14.8 Å². The molecule has 1 heterocycles. The van der Waals surface area contributed by atoms with Crippen molar-refractivity contribution in [1.29, 1.82) is 0 Å². The van der Waals surface area contributed by atoms with E-state index in [0.717, 1.165) is 11.8 Å². The van der Waals surface area contributed by atoms with E-state index in [-0.39, 0.29) is 5.91 Å². The molecule has 0 spiro atoms. The highest BCUT2D eigenvalue weighted by Crippen LogP contribution is 2.31. The number of nitrogens with zero attached hydrogens (tertiary/aromatic N) is 2. The summed E-state index contributed by atoms with van der Waals surface area (Å²) in [6.07, 6.45) is 3.53. The predicted octanol–water partition coefficient (Wildman–Crippen LogP) is 4.23. The predicted molar refractivity (Wildman–Crippen MR) is 136 cm³/mol. The third-order valence-electron chi connectivity index (χ3n) is 4.96. The van der Waals surface area contributed by atoms with Crippen LogP contribution in [0, 0.1) is 0 Å². The van der Waals surface area contributed by atoms with E-state index >= 15 is 0 Å². The Balaban J connectivity index is 1.84. The topological polar surface area (TPSA) is 88.1 Å². The summed E-state index contributed by atoms with van der Waals surface area (Å²) in [6, 6.07) is 15.4. The van der Waals surface area contributed by atoms with Gasteiger partial charge in [-0.25, -0.2) is 18.1 Å². The molecular formula is C24H29N3O4S2. The van der Waals surface area contributed by atoms with Gasteiger partial charge >= 0.3 is 0 Å². The van der Waals surface area contributed by atoms with Crippen LogP contribution in [0.3, 0.4) is 0 Å². The third kappa shape index (κ3) is 6.93. The van der Waals surface area contributed by atoms with Crippen molar-refractivity contribution in [3.05, 3.63) is 65.4 Å². The summed E-state index contributed by atoms with van der Waals surface area (Å²) in [5, 5.41) is 0.553. The van der Waals surface area contributed by atoms with Gasteiger partial charge in [0.05, 0.1) is 19.1 Å². The number of amides is 1. The highest BCUT2D eigenvalue weighted by atomic mass is 32.2. The van der Waals surface area contributed by atoms with Crippen molar-refractivity contribution in [2.75, 3.05) is 30.6 Å². The van der Waals surface area contributed by atoms with Gasteiger partial charge in [-0.1, -0.05) is 55.9 Å². The number of amidine groups is 1. The fourth-order valence-electron chi connectivity index (χ4n) is 3.20. The first kappa shape index (κ1) is 25.0. The van der Waals surface area contributed by atoms with E-state index in [1.807, 2.05) is 30.3 Å². The van der Waals surface area contributed by atoms with Crippen LogP contribution in [0.25, 0.3) is 6.08 Å². The van der Waals surface area contributed by atoms with Crippen molar-refractivity contribution in [2.24, 2.45) is 4.99 Å². The smallest absolute Gasteiger partial charge is 0.283 e. The Kier molecular flexibility index (Phi) is 8.34. The van der Waals surface area contributed by atoms with Crippen molar-refractivity contribution in [1.82, 2.24) is 4.72 Å². The summed E-state index contributed by atoms with van der Waals surface area (Å²) < 4.78 is 30.3. The molecular weight excluding hydrogens is 458 g/mol. The number of hydrogen-bond acceptors (Lipinski definition) is 6. The molecule has 1 aliphatic rings. The van der Waals surface area contributed by atoms with Crippen LogP contribution in [0.4, 0.5) is 5.69 Å². The van der Waals surface area contributed by atoms with Crippen LogP contribution in [-0.4, -0.2) is 45.2 Å². The lowest BCUT2D eigenvalue weighted by Crippen LogP contribution is -2.30. The summed E-state index contributed by atoms with van der Waals surface area (Å²) in [6.45, 7) is 4.61. The second-order valence-corrected chi connectivity index (χ2v) is 10.9. The Labute approximate surface area is 200 Å². The van der Waals surface area contributed by atoms with Gasteiger partial charge in [-0.3, -0.25) is 9.69 Å². The number of benzene rings is 2. The Hall–Kier alpha value is -2.62.